The quantitative estimate of drug-likeness (QED) is 0.531. The van der Waals surface area contributed by atoms with Crippen LogP contribution in [0.4, 0.5) is 5.69 Å². The Morgan fingerprint density at radius 3 is 2.33 bits per heavy atom. The first-order chi connectivity index (χ1) is 14.5. The van der Waals surface area contributed by atoms with Crippen molar-refractivity contribution in [2.24, 2.45) is 0 Å². The Hall–Kier alpha value is -3.93. The van der Waals surface area contributed by atoms with Crippen LogP contribution in [0, 0.1) is 13.8 Å². The molecular formula is C24H22N4O2. The van der Waals surface area contributed by atoms with E-state index < -0.39 is 0 Å². The Morgan fingerprint density at radius 2 is 1.57 bits per heavy atom. The van der Waals surface area contributed by atoms with Crippen LogP contribution in [0.1, 0.15) is 37.8 Å². The van der Waals surface area contributed by atoms with Crippen molar-refractivity contribution in [3.63, 3.8) is 0 Å². The maximum Gasteiger partial charge on any atom is 0.292 e. The number of carbonyl (C=O) groups is 2. The molecule has 6 heteroatoms. The van der Waals surface area contributed by atoms with Gasteiger partial charge >= 0.3 is 0 Å². The molecule has 0 spiro atoms. The van der Waals surface area contributed by atoms with E-state index in [2.05, 4.69) is 15.6 Å². The molecule has 2 heterocycles. The number of imidazole rings is 1. The van der Waals surface area contributed by atoms with Gasteiger partial charge in [0.05, 0.1) is 5.52 Å². The van der Waals surface area contributed by atoms with Gasteiger partial charge in [0.2, 0.25) is 5.82 Å². The van der Waals surface area contributed by atoms with Crippen LogP contribution in [0.25, 0.3) is 5.52 Å². The van der Waals surface area contributed by atoms with Crippen molar-refractivity contribution in [2.75, 3.05) is 5.32 Å². The Kier molecular flexibility index (Phi) is 5.30. The molecule has 0 unspecified atom stereocenters. The van der Waals surface area contributed by atoms with Gasteiger partial charge in [-0.3, -0.25) is 14.0 Å². The molecule has 0 aliphatic rings. The molecule has 2 aromatic carbocycles. The molecule has 30 heavy (non-hydrogen) atoms. The van der Waals surface area contributed by atoms with Crippen LogP contribution >= 0.6 is 0 Å². The van der Waals surface area contributed by atoms with E-state index in [9.17, 15) is 9.59 Å². The van der Waals surface area contributed by atoms with Crippen LogP contribution in [-0.4, -0.2) is 21.2 Å². The molecule has 2 aromatic heterocycles. The van der Waals surface area contributed by atoms with Gasteiger partial charge in [-0.1, -0.05) is 48.5 Å². The maximum absolute atomic E-state index is 12.9. The summed E-state index contributed by atoms with van der Waals surface area (Å²) in [5.41, 5.74) is 4.59. The van der Waals surface area contributed by atoms with E-state index in [-0.39, 0.29) is 23.3 Å². The van der Waals surface area contributed by atoms with Gasteiger partial charge in [0.15, 0.2) is 5.69 Å². The summed E-state index contributed by atoms with van der Waals surface area (Å²) in [6.45, 7) is 4.31. The third-order valence-corrected chi connectivity index (χ3v) is 5.06. The zero-order valence-corrected chi connectivity index (χ0v) is 16.8. The predicted molar refractivity (Wildman–Crippen MR) is 117 cm³/mol. The molecule has 0 atom stereocenters. The van der Waals surface area contributed by atoms with Gasteiger partial charge in [0.25, 0.3) is 11.8 Å². The van der Waals surface area contributed by atoms with E-state index in [1.54, 1.807) is 22.7 Å². The fourth-order valence-electron chi connectivity index (χ4n) is 3.32. The molecule has 4 rings (SSSR count). The molecule has 150 valence electrons. The standard InChI is InChI=1S/C24H22N4O2/c1-16-9-3-5-11-18(16)15-25-23(29)21-20-13-7-8-14-28(20)22(27-21)24(30)26-19-12-6-4-10-17(19)2/h3-14H,15H2,1-2H3,(H,25,29)(H,26,30). The summed E-state index contributed by atoms with van der Waals surface area (Å²) in [7, 11) is 0. The zero-order chi connectivity index (χ0) is 21.1. The largest absolute Gasteiger partial charge is 0.347 e. The van der Waals surface area contributed by atoms with Crippen molar-refractivity contribution in [3.05, 3.63) is 101 Å². The average molecular weight is 398 g/mol. The molecule has 0 aliphatic heterocycles. The molecule has 2 amide bonds. The molecule has 0 radical (unpaired) electrons. The molecule has 0 saturated heterocycles. The Labute approximate surface area is 174 Å². The molecule has 0 aliphatic carbocycles. The smallest absolute Gasteiger partial charge is 0.292 e. The van der Waals surface area contributed by atoms with Crippen LogP contribution < -0.4 is 10.6 Å². The van der Waals surface area contributed by atoms with Gasteiger partial charge in [-0.05, 0) is 48.7 Å². The number of rotatable bonds is 5. The molecule has 2 N–H and O–H groups in total. The third-order valence-electron chi connectivity index (χ3n) is 5.06. The van der Waals surface area contributed by atoms with Crippen LogP contribution in [-0.2, 0) is 6.54 Å². The summed E-state index contributed by atoms with van der Waals surface area (Å²) in [5, 5.41) is 5.80. The Bertz CT molecular complexity index is 1240. The molecule has 6 nitrogen and oxygen atoms in total. The zero-order valence-electron chi connectivity index (χ0n) is 16.8. The third kappa shape index (κ3) is 3.80. The minimum atomic E-state index is -0.372. The van der Waals surface area contributed by atoms with Crippen molar-refractivity contribution in [1.29, 1.82) is 0 Å². The predicted octanol–water partition coefficient (Wildman–Crippen LogP) is 4.13. The highest BCUT2D eigenvalue weighted by molar-refractivity contribution is 6.06. The first-order valence-corrected chi connectivity index (χ1v) is 9.71. The van der Waals surface area contributed by atoms with Crippen LogP contribution in [0.2, 0.25) is 0 Å². The number of carbonyl (C=O) groups excluding carboxylic acids is 2. The Balaban J connectivity index is 1.62. The lowest BCUT2D eigenvalue weighted by molar-refractivity contribution is 0.0948. The number of hydrogen-bond acceptors (Lipinski definition) is 3. The van der Waals surface area contributed by atoms with Gasteiger partial charge in [0, 0.05) is 18.4 Å². The molecule has 0 bridgehead atoms. The number of hydrogen-bond donors (Lipinski definition) is 2. The molecule has 0 fully saturated rings. The van der Waals surface area contributed by atoms with Crippen molar-refractivity contribution in [3.8, 4) is 0 Å². The van der Waals surface area contributed by atoms with Crippen LogP contribution in [0.3, 0.4) is 0 Å². The highest BCUT2D eigenvalue weighted by Crippen LogP contribution is 2.18. The SMILES string of the molecule is Cc1ccccc1CNC(=O)c1nc(C(=O)Nc2ccccc2C)n2ccccc12. The van der Waals surface area contributed by atoms with Crippen LogP contribution in [0.5, 0.6) is 0 Å². The van der Waals surface area contributed by atoms with Gasteiger partial charge in [-0.2, -0.15) is 0 Å². The van der Waals surface area contributed by atoms with Crippen molar-refractivity contribution in [1.82, 2.24) is 14.7 Å². The summed E-state index contributed by atoms with van der Waals surface area (Å²) >= 11 is 0. The number of aryl methyl sites for hydroxylation is 2. The number of pyridine rings is 1. The minimum absolute atomic E-state index is 0.162. The van der Waals surface area contributed by atoms with Crippen molar-refractivity contribution in [2.45, 2.75) is 20.4 Å². The van der Waals surface area contributed by atoms with Gasteiger partial charge in [-0.15, -0.1) is 0 Å². The number of fused-ring (bicyclic) bond motifs is 1. The Morgan fingerprint density at radius 1 is 0.867 bits per heavy atom. The topological polar surface area (TPSA) is 75.5 Å². The van der Waals surface area contributed by atoms with E-state index >= 15 is 0 Å². The van der Waals surface area contributed by atoms with E-state index in [4.69, 9.17) is 0 Å². The second-order valence-electron chi connectivity index (χ2n) is 7.12. The highest BCUT2D eigenvalue weighted by Gasteiger charge is 2.21. The van der Waals surface area contributed by atoms with Crippen LogP contribution in [0.15, 0.2) is 72.9 Å². The van der Waals surface area contributed by atoms with Gasteiger partial charge < -0.3 is 10.6 Å². The maximum atomic E-state index is 12.9. The first-order valence-electron chi connectivity index (χ1n) is 9.71. The number of nitrogens with one attached hydrogen (secondary N) is 2. The lowest BCUT2D eigenvalue weighted by Crippen LogP contribution is -2.24. The highest BCUT2D eigenvalue weighted by atomic mass is 16.2. The number of anilines is 1. The number of para-hydroxylation sites is 1. The number of nitrogens with zero attached hydrogens (tertiary/aromatic N) is 2. The summed E-state index contributed by atoms with van der Waals surface area (Å²) < 4.78 is 1.64. The summed E-state index contributed by atoms with van der Waals surface area (Å²) in [6, 6.07) is 20.8. The lowest BCUT2D eigenvalue weighted by atomic mass is 10.1. The normalized spacial score (nSPS) is 10.7. The number of benzene rings is 2. The van der Waals surface area contributed by atoms with E-state index in [1.807, 2.05) is 68.4 Å². The number of aromatic nitrogens is 2. The van der Waals surface area contributed by atoms with E-state index in [0.717, 1.165) is 16.7 Å². The van der Waals surface area contributed by atoms with E-state index in [1.165, 1.54) is 0 Å². The molecular weight excluding hydrogens is 376 g/mol. The second-order valence-corrected chi connectivity index (χ2v) is 7.12. The summed E-state index contributed by atoms with van der Waals surface area (Å²) in [4.78, 5) is 30.2. The number of amides is 2. The fraction of sp³-hybridized carbons (Fsp3) is 0.125. The fourth-order valence-corrected chi connectivity index (χ4v) is 3.32. The first kappa shape index (κ1) is 19.4. The van der Waals surface area contributed by atoms with Gasteiger partial charge in [0.1, 0.15) is 0 Å². The summed E-state index contributed by atoms with van der Waals surface area (Å²) in [5.74, 6) is -0.532. The minimum Gasteiger partial charge on any atom is -0.347 e. The van der Waals surface area contributed by atoms with Gasteiger partial charge in [-0.25, -0.2) is 4.98 Å². The average Bonchev–Trinajstić information content (AvgIpc) is 3.14. The van der Waals surface area contributed by atoms with Crippen molar-refractivity contribution < 1.29 is 9.59 Å². The van der Waals surface area contributed by atoms with E-state index in [0.29, 0.717) is 17.7 Å². The summed E-state index contributed by atoms with van der Waals surface area (Å²) in [6.07, 6.45) is 1.73. The lowest BCUT2D eigenvalue weighted by Gasteiger charge is -2.07. The monoisotopic (exact) mass is 398 g/mol. The van der Waals surface area contributed by atoms with Crippen molar-refractivity contribution >= 4 is 23.0 Å². The molecule has 0 saturated carbocycles. The second kappa shape index (κ2) is 8.21. The molecule has 4 aromatic rings.